The van der Waals surface area contributed by atoms with E-state index in [1.54, 1.807) is 11.8 Å². The fraction of sp³-hybridized carbons (Fsp3) is 0.368. The topological polar surface area (TPSA) is 59.2 Å². The second kappa shape index (κ2) is 8.08. The fourth-order valence-electron chi connectivity index (χ4n) is 3.26. The van der Waals surface area contributed by atoms with Gasteiger partial charge in [-0.25, -0.2) is 0 Å². The van der Waals surface area contributed by atoms with E-state index in [0.29, 0.717) is 16.1 Å². The number of thiophene rings is 1. The SMILES string of the molecule is Nc1c(C(=O)c2ccccc2)sc2snc(SCCN3CCCCC3)c12. The lowest BCUT2D eigenvalue weighted by atomic mass is 10.1. The molecule has 0 spiro atoms. The van der Waals surface area contributed by atoms with Crippen LogP contribution >= 0.6 is 34.6 Å². The van der Waals surface area contributed by atoms with Crippen molar-refractivity contribution in [1.29, 1.82) is 0 Å². The molecule has 1 saturated heterocycles. The first-order valence-electron chi connectivity index (χ1n) is 8.86. The number of aromatic nitrogens is 1. The lowest BCUT2D eigenvalue weighted by Crippen LogP contribution is -2.31. The smallest absolute Gasteiger partial charge is 0.205 e. The molecular weight excluding hydrogens is 382 g/mol. The minimum atomic E-state index is 0.000710. The average Bonchev–Trinajstić information content (AvgIpc) is 3.23. The summed E-state index contributed by atoms with van der Waals surface area (Å²) < 4.78 is 5.62. The zero-order valence-corrected chi connectivity index (χ0v) is 16.9. The van der Waals surface area contributed by atoms with E-state index in [1.807, 2.05) is 30.3 Å². The molecule has 0 unspecified atom stereocenters. The summed E-state index contributed by atoms with van der Waals surface area (Å²) in [4.78, 5) is 15.9. The maximum Gasteiger partial charge on any atom is 0.205 e. The van der Waals surface area contributed by atoms with E-state index in [1.165, 1.54) is 55.2 Å². The summed E-state index contributed by atoms with van der Waals surface area (Å²) in [6.45, 7) is 3.51. The molecule has 2 aromatic heterocycles. The number of hydrogen-bond acceptors (Lipinski definition) is 7. The first-order chi connectivity index (χ1) is 12.7. The standard InChI is InChI=1S/C19H21N3OS3/c20-15-14-18(24-12-11-22-9-5-2-6-10-22)21-26-19(14)25-17(15)16(23)13-7-3-1-4-8-13/h1,3-4,7-8H,2,5-6,9-12,20H2. The summed E-state index contributed by atoms with van der Waals surface area (Å²) in [7, 11) is 0. The van der Waals surface area contributed by atoms with Crippen LogP contribution in [0.1, 0.15) is 34.5 Å². The third-order valence-electron chi connectivity index (χ3n) is 4.68. The van der Waals surface area contributed by atoms with Gasteiger partial charge in [-0.15, -0.1) is 23.1 Å². The van der Waals surface area contributed by atoms with Gasteiger partial charge in [-0.2, -0.15) is 4.37 Å². The minimum Gasteiger partial charge on any atom is -0.397 e. The molecule has 3 aromatic rings. The zero-order chi connectivity index (χ0) is 17.9. The Morgan fingerprint density at radius 3 is 2.73 bits per heavy atom. The largest absolute Gasteiger partial charge is 0.397 e. The van der Waals surface area contributed by atoms with Crippen LogP contribution < -0.4 is 5.73 Å². The van der Waals surface area contributed by atoms with Gasteiger partial charge in [-0.3, -0.25) is 4.79 Å². The zero-order valence-electron chi connectivity index (χ0n) is 14.4. The Bertz CT molecular complexity index is 898. The summed E-state index contributed by atoms with van der Waals surface area (Å²) in [6.07, 6.45) is 3.99. The molecule has 0 saturated carbocycles. The number of carbonyl (C=O) groups excluding carboxylic acids is 1. The third kappa shape index (κ3) is 3.67. The normalized spacial score (nSPS) is 15.5. The number of likely N-dealkylation sites (tertiary alicyclic amines) is 1. The van der Waals surface area contributed by atoms with Crippen LogP contribution in [0.5, 0.6) is 0 Å². The lowest BCUT2D eigenvalue weighted by Gasteiger charge is -2.25. The van der Waals surface area contributed by atoms with Crippen molar-refractivity contribution in [2.45, 2.75) is 24.3 Å². The highest BCUT2D eigenvalue weighted by atomic mass is 32.2. The van der Waals surface area contributed by atoms with Gasteiger partial charge in [-0.05, 0) is 37.5 Å². The predicted octanol–water partition coefficient (Wildman–Crippen LogP) is 4.75. The Kier molecular flexibility index (Phi) is 5.59. The number of fused-ring (bicyclic) bond motifs is 1. The van der Waals surface area contributed by atoms with E-state index >= 15 is 0 Å². The van der Waals surface area contributed by atoms with Crippen molar-refractivity contribution in [3.05, 3.63) is 40.8 Å². The van der Waals surface area contributed by atoms with E-state index < -0.39 is 0 Å². The van der Waals surface area contributed by atoms with Crippen molar-refractivity contribution < 1.29 is 4.79 Å². The lowest BCUT2D eigenvalue weighted by molar-refractivity contribution is 0.104. The van der Waals surface area contributed by atoms with Gasteiger partial charge in [0, 0.05) is 17.9 Å². The molecular formula is C19H21N3OS3. The number of nitrogens with zero attached hydrogens (tertiary/aromatic N) is 2. The fourth-order valence-corrected chi connectivity index (χ4v) is 6.59. The van der Waals surface area contributed by atoms with Crippen molar-refractivity contribution >= 4 is 55.5 Å². The Hall–Kier alpha value is -1.41. The predicted molar refractivity (Wildman–Crippen MR) is 113 cm³/mol. The van der Waals surface area contributed by atoms with Crippen molar-refractivity contribution in [3.63, 3.8) is 0 Å². The molecule has 0 atom stereocenters. The number of piperidine rings is 1. The van der Waals surface area contributed by atoms with Crippen molar-refractivity contribution in [1.82, 2.24) is 9.27 Å². The molecule has 1 aromatic carbocycles. The van der Waals surface area contributed by atoms with E-state index in [2.05, 4.69) is 9.27 Å². The van der Waals surface area contributed by atoms with Gasteiger partial charge in [0.1, 0.15) is 13.9 Å². The number of rotatable bonds is 6. The molecule has 2 N–H and O–H groups in total. The summed E-state index contributed by atoms with van der Waals surface area (Å²) in [5.74, 6) is 1.01. The summed E-state index contributed by atoms with van der Waals surface area (Å²) in [5.41, 5.74) is 7.64. The van der Waals surface area contributed by atoms with Gasteiger partial charge < -0.3 is 10.6 Å². The number of thioether (sulfide) groups is 1. The van der Waals surface area contributed by atoms with E-state index in [-0.39, 0.29) is 5.78 Å². The third-order valence-corrected chi connectivity index (χ3v) is 7.86. The highest BCUT2D eigenvalue weighted by Crippen LogP contribution is 2.42. The van der Waals surface area contributed by atoms with Crippen LogP contribution in [0.2, 0.25) is 0 Å². The molecule has 7 heteroatoms. The number of nitrogens with two attached hydrogens (primary N) is 1. The van der Waals surface area contributed by atoms with E-state index in [0.717, 1.165) is 26.7 Å². The molecule has 0 aliphatic carbocycles. The second-order valence-electron chi connectivity index (χ2n) is 6.44. The number of benzene rings is 1. The van der Waals surface area contributed by atoms with Crippen LogP contribution in [0.25, 0.3) is 9.40 Å². The summed E-state index contributed by atoms with van der Waals surface area (Å²) >= 11 is 4.67. The molecule has 4 nitrogen and oxygen atoms in total. The molecule has 3 heterocycles. The molecule has 1 aliphatic heterocycles. The van der Waals surface area contributed by atoms with Crippen LogP contribution in [-0.4, -0.2) is 40.4 Å². The van der Waals surface area contributed by atoms with E-state index in [9.17, 15) is 4.79 Å². The Balaban J connectivity index is 1.50. The molecule has 0 radical (unpaired) electrons. The number of hydrogen-bond donors (Lipinski definition) is 1. The van der Waals surface area contributed by atoms with Gasteiger partial charge in [0.15, 0.2) is 0 Å². The first-order valence-corrected chi connectivity index (χ1v) is 11.4. The molecule has 4 rings (SSSR count). The molecule has 0 bridgehead atoms. The van der Waals surface area contributed by atoms with Crippen LogP contribution in [0.15, 0.2) is 35.4 Å². The first kappa shape index (κ1) is 18.0. The van der Waals surface area contributed by atoms with Gasteiger partial charge in [0.25, 0.3) is 0 Å². The van der Waals surface area contributed by atoms with E-state index in [4.69, 9.17) is 5.73 Å². The monoisotopic (exact) mass is 403 g/mol. The number of carbonyl (C=O) groups is 1. The molecule has 26 heavy (non-hydrogen) atoms. The number of nitrogen functional groups attached to an aromatic ring is 1. The summed E-state index contributed by atoms with van der Waals surface area (Å²) in [6, 6.07) is 9.34. The quantitative estimate of drug-likeness (QED) is 0.475. The highest BCUT2D eigenvalue weighted by molar-refractivity contribution is 7.99. The van der Waals surface area contributed by atoms with Crippen LogP contribution in [0.3, 0.4) is 0 Å². The van der Waals surface area contributed by atoms with Crippen molar-refractivity contribution in [2.24, 2.45) is 0 Å². The Morgan fingerprint density at radius 2 is 1.96 bits per heavy atom. The maximum atomic E-state index is 12.8. The number of anilines is 1. The Labute approximate surface area is 165 Å². The van der Waals surface area contributed by atoms with Crippen molar-refractivity contribution in [2.75, 3.05) is 31.1 Å². The summed E-state index contributed by atoms with van der Waals surface area (Å²) in [5, 5.41) is 1.95. The van der Waals surface area contributed by atoms with Crippen LogP contribution in [0.4, 0.5) is 5.69 Å². The Morgan fingerprint density at radius 1 is 1.19 bits per heavy atom. The average molecular weight is 404 g/mol. The number of ketones is 1. The maximum absolute atomic E-state index is 12.8. The second-order valence-corrected chi connectivity index (χ2v) is 9.58. The molecule has 1 fully saturated rings. The molecule has 136 valence electrons. The van der Waals surface area contributed by atoms with Crippen molar-refractivity contribution in [3.8, 4) is 0 Å². The van der Waals surface area contributed by atoms with Crippen LogP contribution in [0, 0.1) is 0 Å². The highest BCUT2D eigenvalue weighted by Gasteiger charge is 2.22. The van der Waals surface area contributed by atoms with Gasteiger partial charge >= 0.3 is 0 Å². The van der Waals surface area contributed by atoms with Gasteiger partial charge in [0.2, 0.25) is 5.78 Å². The van der Waals surface area contributed by atoms with Gasteiger partial charge in [0.05, 0.1) is 11.1 Å². The molecule has 0 amide bonds. The molecule has 1 aliphatic rings. The van der Waals surface area contributed by atoms with Gasteiger partial charge in [-0.1, -0.05) is 36.8 Å². The minimum absolute atomic E-state index is 0.000710. The van der Waals surface area contributed by atoms with Crippen LogP contribution in [-0.2, 0) is 0 Å².